The maximum Gasteiger partial charge on any atom is 0.309 e. The molecule has 0 saturated carbocycles. The molecule has 0 aromatic carbocycles. The molecule has 0 saturated heterocycles. The Morgan fingerprint density at radius 1 is 1.83 bits per heavy atom. The topological polar surface area (TPSA) is 29.1 Å². The molecule has 0 heterocycles. The molecule has 0 unspecified atom stereocenters. The van der Waals surface area contributed by atoms with Crippen LogP contribution < -0.4 is 5.32 Å². The summed E-state index contributed by atoms with van der Waals surface area (Å²) in [5, 5.41) is 2.33. The van der Waals surface area contributed by atoms with Crippen molar-refractivity contribution in [3.63, 3.8) is 0 Å². The van der Waals surface area contributed by atoms with E-state index in [1.54, 1.807) is 0 Å². The second kappa shape index (κ2) is 4.47. The van der Waals surface area contributed by atoms with Crippen LogP contribution >= 0.6 is 0 Å². The molecule has 6 heavy (non-hydrogen) atoms. The van der Waals surface area contributed by atoms with E-state index in [0.717, 1.165) is 6.42 Å². The van der Waals surface area contributed by atoms with Crippen LogP contribution in [-0.4, -0.2) is 13.0 Å². The molecule has 0 fully saturated rings. The van der Waals surface area contributed by atoms with Crippen molar-refractivity contribution < 1.29 is 4.79 Å². The van der Waals surface area contributed by atoms with Gasteiger partial charge in [-0.2, -0.15) is 0 Å². The van der Waals surface area contributed by atoms with Crippen molar-refractivity contribution in [3.8, 4) is 0 Å². The molecule has 34 valence electrons. The fraction of sp³-hybridized carbons (Fsp3) is 0.500. The van der Waals surface area contributed by atoms with E-state index >= 15 is 0 Å². The molecule has 0 aliphatic rings. The first-order valence-corrected chi connectivity index (χ1v) is 1.81. The van der Waals surface area contributed by atoms with Crippen molar-refractivity contribution in [2.24, 2.45) is 0 Å². The van der Waals surface area contributed by atoms with Crippen LogP contribution in [0.3, 0.4) is 0 Å². The first-order valence-electron chi connectivity index (χ1n) is 1.81. The number of nitrogens with one attached hydrogen (secondary N) is 1. The number of hydrogen-bond acceptors (Lipinski definition) is 1. The molecule has 1 N–H and O–H groups in total. The Morgan fingerprint density at radius 2 is 2.50 bits per heavy atom. The second-order valence-electron chi connectivity index (χ2n) is 0.882. The van der Waals surface area contributed by atoms with Crippen molar-refractivity contribution in [2.75, 3.05) is 6.54 Å². The quantitative estimate of drug-likeness (QED) is 0.375. The lowest BCUT2D eigenvalue weighted by Gasteiger charge is -1.84. The van der Waals surface area contributed by atoms with Gasteiger partial charge in [0.2, 0.25) is 0 Å². The van der Waals surface area contributed by atoms with Crippen LogP contribution in [0.5, 0.6) is 0 Å². The van der Waals surface area contributed by atoms with E-state index < -0.39 is 0 Å². The summed E-state index contributed by atoms with van der Waals surface area (Å²) in [6.45, 7) is 4.11. The largest absolute Gasteiger partial charge is 0.348 e. The molecule has 0 bridgehead atoms. The highest BCUT2D eigenvalue weighted by Crippen LogP contribution is 1.61. The zero-order valence-corrected chi connectivity index (χ0v) is 3.53. The van der Waals surface area contributed by atoms with Gasteiger partial charge in [-0.15, -0.1) is 0 Å². The highest BCUT2D eigenvalue weighted by atomic mass is 16.1. The molecular weight excluding hydrogens is 78.0 g/mol. The van der Waals surface area contributed by atoms with E-state index in [1.807, 2.05) is 0 Å². The van der Waals surface area contributed by atoms with Crippen LogP contribution in [0.2, 0.25) is 0 Å². The van der Waals surface area contributed by atoms with Gasteiger partial charge in [0.1, 0.15) is 0 Å². The minimum atomic E-state index is 0.628. The monoisotopic (exact) mass is 85.1 g/mol. The van der Waals surface area contributed by atoms with Crippen LogP contribution in [0.1, 0.15) is 6.42 Å². The SMILES string of the molecule is [CH2]CCN[C]=O. The molecule has 0 rings (SSSR count). The van der Waals surface area contributed by atoms with E-state index in [9.17, 15) is 4.79 Å². The van der Waals surface area contributed by atoms with Crippen LogP contribution in [0.4, 0.5) is 0 Å². The first kappa shape index (κ1) is 5.47. The van der Waals surface area contributed by atoms with Gasteiger partial charge < -0.3 is 5.32 Å². The van der Waals surface area contributed by atoms with Gasteiger partial charge in [-0.05, 0) is 6.42 Å². The number of amides is 1. The molecular formula is C4H7NO. The summed E-state index contributed by atoms with van der Waals surface area (Å²) in [5.41, 5.74) is 0. The lowest BCUT2D eigenvalue weighted by molar-refractivity contribution is 0.542. The number of hydrogen-bond donors (Lipinski definition) is 1. The number of rotatable bonds is 3. The Kier molecular flexibility index (Phi) is 4.08. The van der Waals surface area contributed by atoms with Crippen LogP contribution in [-0.2, 0) is 4.79 Å². The normalized spacial score (nSPS) is 7.50. The molecule has 0 aliphatic heterocycles. The van der Waals surface area contributed by atoms with Gasteiger partial charge in [0.25, 0.3) is 0 Å². The highest BCUT2D eigenvalue weighted by molar-refractivity contribution is 5.46. The van der Waals surface area contributed by atoms with Gasteiger partial charge in [-0.3, -0.25) is 4.79 Å². The van der Waals surface area contributed by atoms with Crippen molar-refractivity contribution in [2.45, 2.75) is 6.42 Å². The second-order valence-corrected chi connectivity index (χ2v) is 0.882. The van der Waals surface area contributed by atoms with E-state index in [-0.39, 0.29) is 0 Å². The molecule has 2 nitrogen and oxygen atoms in total. The fourth-order valence-electron chi connectivity index (χ4n) is 0.139. The predicted octanol–water partition coefficient (Wildman–Crippen LogP) is -0.133. The molecule has 2 radical (unpaired) electrons. The van der Waals surface area contributed by atoms with Crippen molar-refractivity contribution in [1.29, 1.82) is 0 Å². The molecule has 0 aromatic heterocycles. The molecule has 2 heteroatoms. The highest BCUT2D eigenvalue weighted by Gasteiger charge is 1.71. The Bertz CT molecular complexity index is 36.5. The third kappa shape index (κ3) is 3.47. The third-order valence-corrected chi connectivity index (χ3v) is 0.374. The maximum absolute atomic E-state index is 9.30. The van der Waals surface area contributed by atoms with Gasteiger partial charge in [-0.25, -0.2) is 0 Å². The minimum Gasteiger partial charge on any atom is -0.348 e. The van der Waals surface area contributed by atoms with Gasteiger partial charge in [0.15, 0.2) is 0 Å². The zero-order chi connectivity index (χ0) is 4.83. The van der Waals surface area contributed by atoms with E-state index in [4.69, 9.17) is 0 Å². The fourth-order valence-corrected chi connectivity index (χ4v) is 0.139. The Morgan fingerprint density at radius 3 is 2.67 bits per heavy atom. The van der Waals surface area contributed by atoms with Gasteiger partial charge in [0, 0.05) is 6.54 Å². The zero-order valence-electron chi connectivity index (χ0n) is 3.53. The third-order valence-electron chi connectivity index (χ3n) is 0.374. The molecule has 0 spiro atoms. The van der Waals surface area contributed by atoms with E-state index in [2.05, 4.69) is 12.2 Å². The van der Waals surface area contributed by atoms with Gasteiger partial charge in [-0.1, -0.05) is 6.92 Å². The lowest BCUT2D eigenvalue weighted by Crippen LogP contribution is -2.10. The Hall–Kier alpha value is -0.530. The van der Waals surface area contributed by atoms with Crippen molar-refractivity contribution in [1.82, 2.24) is 5.32 Å². The van der Waals surface area contributed by atoms with Gasteiger partial charge >= 0.3 is 6.41 Å². The van der Waals surface area contributed by atoms with Crippen molar-refractivity contribution in [3.05, 3.63) is 6.92 Å². The summed E-state index contributed by atoms with van der Waals surface area (Å²) < 4.78 is 0. The molecule has 0 atom stereocenters. The molecule has 0 aliphatic carbocycles. The Labute approximate surface area is 37.5 Å². The van der Waals surface area contributed by atoms with E-state index in [0.29, 0.717) is 6.54 Å². The minimum absolute atomic E-state index is 0.628. The maximum atomic E-state index is 9.30. The van der Waals surface area contributed by atoms with Crippen LogP contribution in [0.25, 0.3) is 0 Å². The summed E-state index contributed by atoms with van der Waals surface area (Å²) in [7, 11) is 0. The lowest BCUT2D eigenvalue weighted by atomic mass is 10.5. The van der Waals surface area contributed by atoms with E-state index in [1.165, 1.54) is 6.41 Å². The van der Waals surface area contributed by atoms with Crippen LogP contribution in [0.15, 0.2) is 0 Å². The average Bonchev–Trinajstić information content (AvgIpc) is 1.61. The average molecular weight is 85.1 g/mol. The van der Waals surface area contributed by atoms with Crippen molar-refractivity contribution >= 4 is 6.41 Å². The molecule has 1 amide bonds. The smallest absolute Gasteiger partial charge is 0.309 e. The summed E-state index contributed by atoms with van der Waals surface area (Å²) >= 11 is 0. The Balaban J connectivity index is 2.49. The summed E-state index contributed by atoms with van der Waals surface area (Å²) in [6, 6.07) is 0. The molecule has 0 aromatic rings. The standard InChI is InChI=1S/C4H7NO/c1-2-3-5-4-6/h1-3H2,(H,5,6). The predicted molar refractivity (Wildman–Crippen MR) is 23.7 cm³/mol. The summed E-state index contributed by atoms with van der Waals surface area (Å²) in [5.74, 6) is 0. The first-order chi connectivity index (χ1) is 2.91. The summed E-state index contributed by atoms with van der Waals surface area (Å²) in [6.07, 6.45) is 2.26. The van der Waals surface area contributed by atoms with Gasteiger partial charge in [0.05, 0.1) is 0 Å². The summed E-state index contributed by atoms with van der Waals surface area (Å²) in [4.78, 5) is 9.30. The van der Waals surface area contributed by atoms with Crippen LogP contribution in [0, 0.1) is 6.92 Å². The number of carbonyl (C=O) groups excluding carboxylic acids is 1.